The number of aryl methyl sites for hydroxylation is 6. The first-order chi connectivity index (χ1) is 30.1. The Hall–Kier alpha value is -7.08. The molecule has 12 heteroatoms. The summed E-state index contributed by atoms with van der Waals surface area (Å²) in [7, 11) is 0. The molecule has 312 valence electrons. The lowest BCUT2D eigenvalue weighted by Crippen LogP contribution is -2.18. The Morgan fingerprint density at radius 3 is 1.39 bits per heavy atom. The van der Waals surface area contributed by atoms with Crippen LogP contribution in [0, 0.1) is 39.3 Å². The summed E-state index contributed by atoms with van der Waals surface area (Å²) in [6.45, 7) is 9.86. The molecule has 0 radical (unpaired) electrons. The molecular weight excluding hydrogens is 779 g/mol. The van der Waals surface area contributed by atoms with Gasteiger partial charge in [0.2, 0.25) is 0 Å². The van der Waals surface area contributed by atoms with Crippen LogP contribution >= 0.6 is 0 Å². The molecule has 4 aromatic heterocycles. The zero-order valence-corrected chi connectivity index (χ0v) is 35.3. The van der Waals surface area contributed by atoms with Crippen LogP contribution in [0.5, 0.6) is 0 Å². The maximum Gasteiger partial charge on any atom is 0.174 e. The molecule has 0 amide bonds. The highest BCUT2D eigenvalue weighted by Crippen LogP contribution is 2.34. The monoisotopic (exact) mass is 826 g/mol. The van der Waals surface area contributed by atoms with Crippen molar-refractivity contribution < 1.29 is 8.78 Å². The second-order valence-corrected chi connectivity index (χ2v) is 16.2. The van der Waals surface area contributed by atoms with Crippen LogP contribution in [-0.2, 0) is 13.1 Å². The Bertz CT molecular complexity index is 2730. The maximum atomic E-state index is 13.7. The molecule has 2 aliphatic heterocycles. The second kappa shape index (κ2) is 17.5. The van der Waals surface area contributed by atoms with Gasteiger partial charge in [-0.1, -0.05) is 48.6 Å². The zero-order valence-electron chi connectivity index (χ0n) is 35.3. The van der Waals surface area contributed by atoms with E-state index in [1.807, 2.05) is 93.8 Å². The Morgan fingerprint density at radius 2 is 1.00 bits per heavy atom. The number of aromatic nitrogens is 10. The highest BCUT2D eigenvalue weighted by atomic mass is 19.1. The lowest BCUT2D eigenvalue weighted by Gasteiger charge is -2.22. The van der Waals surface area contributed by atoms with Gasteiger partial charge in [-0.15, -0.1) is 0 Å². The molecule has 6 heterocycles. The van der Waals surface area contributed by atoms with Crippen molar-refractivity contribution in [3.05, 3.63) is 190 Å². The highest BCUT2D eigenvalue weighted by molar-refractivity contribution is 5.69. The molecule has 0 bridgehead atoms. The smallest absolute Gasteiger partial charge is 0.174 e. The maximum absolute atomic E-state index is 13.7. The van der Waals surface area contributed by atoms with Crippen LogP contribution in [0.15, 0.2) is 110 Å². The molecule has 0 N–H and O–H groups in total. The molecule has 0 aliphatic carbocycles. The molecule has 2 aliphatic rings. The van der Waals surface area contributed by atoms with E-state index >= 15 is 0 Å². The van der Waals surface area contributed by atoms with Gasteiger partial charge in [0.05, 0.1) is 24.0 Å². The lowest BCUT2D eigenvalue weighted by molar-refractivity contribution is 0.444. The quantitative estimate of drug-likeness (QED) is 0.151. The number of rotatable bonds is 8. The van der Waals surface area contributed by atoms with Crippen molar-refractivity contribution in [1.82, 2.24) is 48.6 Å². The Balaban J connectivity index is 0.000000158. The van der Waals surface area contributed by atoms with E-state index in [-0.39, 0.29) is 23.5 Å². The summed E-state index contributed by atoms with van der Waals surface area (Å²) in [5, 5.41) is 9.33. The van der Waals surface area contributed by atoms with Crippen molar-refractivity contribution in [2.45, 2.75) is 78.3 Å². The van der Waals surface area contributed by atoms with E-state index in [1.54, 1.807) is 24.3 Å². The fourth-order valence-corrected chi connectivity index (χ4v) is 8.55. The Labute approximate surface area is 360 Å². The molecule has 10 nitrogen and oxygen atoms in total. The van der Waals surface area contributed by atoms with Crippen molar-refractivity contribution in [3.8, 4) is 11.4 Å². The van der Waals surface area contributed by atoms with Crippen molar-refractivity contribution >= 4 is 24.3 Å². The number of imidazole rings is 2. The molecule has 0 saturated heterocycles. The SMILES string of the molecule is Cc1cn(-c2ccc(/C=C/c3nc4n(n3)CCC[C@@H]4c3cccc(F)c3)cc2C)cn1.Cc1cn(-c2ccc(/C=C/c3nc4n(n3)CCC[C@H]4c3cccc(F)c3)cc2C)cn1. The molecule has 10 rings (SSSR count). The van der Waals surface area contributed by atoms with Gasteiger partial charge in [-0.3, -0.25) is 0 Å². The van der Waals surface area contributed by atoms with Crippen molar-refractivity contribution in [1.29, 1.82) is 0 Å². The second-order valence-electron chi connectivity index (χ2n) is 16.2. The van der Waals surface area contributed by atoms with Crippen LogP contribution in [-0.4, -0.2) is 48.6 Å². The van der Waals surface area contributed by atoms with Crippen LogP contribution in [0.3, 0.4) is 0 Å². The summed E-state index contributed by atoms with van der Waals surface area (Å²) in [5.41, 5.74) is 10.7. The summed E-state index contributed by atoms with van der Waals surface area (Å²) < 4.78 is 35.5. The number of hydrogen-bond donors (Lipinski definition) is 0. The van der Waals surface area contributed by atoms with E-state index in [0.29, 0.717) is 11.6 Å². The first-order valence-corrected chi connectivity index (χ1v) is 21.1. The van der Waals surface area contributed by atoms with Crippen LogP contribution in [0.25, 0.3) is 35.7 Å². The average molecular weight is 827 g/mol. The van der Waals surface area contributed by atoms with E-state index in [9.17, 15) is 8.78 Å². The lowest BCUT2D eigenvalue weighted by atomic mass is 9.91. The zero-order chi connectivity index (χ0) is 42.7. The highest BCUT2D eigenvalue weighted by Gasteiger charge is 2.27. The third kappa shape index (κ3) is 8.86. The summed E-state index contributed by atoms with van der Waals surface area (Å²) in [5.74, 6) is 2.95. The minimum atomic E-state index is -0.209. The third-order valence-electron chi connectivity index (χ3n) is 11.6. The molecule has 8 aromatic rings. The van der Waals surface area contributed by atoms with Crippen molar-refractivity contribution in [2.24, 2.45) is 0 Å². The first-order valence-electron chi connectivity index (χ1n) is 21.1. The molecule has 0 saturated carbocycles. The van der Waals surface area contributed by atoms with Crippen molar-refractivity contribution in [3.63, 3.8) is 0 Å². The van der Waals surface area contributed by atoms with Crippen LogP contribution < -0.4 is 0 Å². The van der Waals surface area contributed by atoms with Gasteiger partial charge in [0, 0.05) is 48.7 Å². The predicted octanol–water partition coefficient (Wildman–Crippen LogP) is 10.6. The number of hydrogen-bond acceptors (Lipinski definition) is 6. The van der Waals surface area contributed by atoms with Gasteiger partial charge >= 0.3 is 0 Å². The predicted molar refractivity (Wildman–Crippen MR) is 239 cm³/mol. The third-order valence-corrected chi connectivity index (χ3v) is 11.6. The van der Waals surface area contributed by atoms with E-state index < -0.39 is 0 Å². The summed E-state index contributed by atoms with van der Waals surface area (Å²) >= 11 is 0. The van der Waals surface area contributed by atoms with E-state index in [0.717, 1.165) is 95.4 Å². The van der Waals surface area contributed by atoms with Crippen LogP contribution in [0.2, 0.25) is 0 Å². The molecular formula is C50H48F2N10. The van der Waals surface area contributed by atoms with Gasteiger partial charge in [0.1, 0.15) is 23.3 Å². The largest absolute Gasteiger partial charge is 0.306 e. The topological polar surface area (TPSA) is 97.1 Å². The Kier molecular flexibility index (Phi) is 11.4. The van der Waals surface area contributed by atoms with Gasteiger partial charge < -0.3 is 9.13 Å². The van der Waals surface area contributed by atoms with E-state index in [4.69, 9.17) is 9.97 Å². The van der Waals surface area contributed by atoms with Gasteiger partial charge in [0.25, 0.3) is 0 Å². The standard InChI is InChI=1S/2C25H24FN5/c2*1-17-13-19(8-10-23(17)30-15-18(2)27-16-30)9-11-24-28-25-22(7-4-12-31(25)29-24)20-5-3-6-21(26)14-20/h2*3,5-6,8-11,13-16,22H,4,7,12H2,1-2H3/b2*11-9+/t2*22-/m10/s1. The van der Waals surface area contributed by atoms with Crippen LogP contribution in [0.1, 0.15) is 106 Å². The molecule has 0 spiro atoms. The first kappa shape index (κ1) is 40.3. The fourth-order valence-electron chi connectivity index (χ4n) is 8.55. The van der Waals surface area contributed by atoms with Gasteiger partial charge in [-0.2, -0.15) is 10.2 Å². The molecule has 0 unspecified atom stereocenters. The van der Waals surface area contributed by atoms with Gasteiger partial charge in [-0.05, 0) is 147 Å². The molecule has 4 aromatic carbocycles. The average Bonchev–Trinajstić information content (AvgIpc) is 4.09. The fraction of sp³-hybridized carbons (Fsp3) is 0.240. The number of benzene rings is 4. The van der Waals surface area contributed by atoms with Crippen molar-refractivity contribution in [2.75, 3.05) is 0 Å². The minimum absolute atomic E-state index is 0.0827. The van der Waals surface area contributed by atoms with E-state index in [1.165, 1.54) is 23.3 Å². The Morgan fingerprint density at radius 1 is 0.548 bits per heavy atom. The summed E-state index contributed by atoms with van der Waals surface area (Å²) in [4.78, 5) is 18.2. The minimum Gasteiger partial charge on any atom is -0.306 e. The summed E-state index contributed by atoms with van der Waals surface area (Å²) in [6, 6.07) is 26.3. The van der Waals surface area contributed by atoms with Gasteiger partial charge in [0.15, 0.2) is 11.6 Å². The molecule has 2 atom stereocenters. The van der Waals surface area contributed by atoms with Crippen LogP contribution in [0.4, 0.5) is 8.78 Å². The number of fused-ring (bicyclic) bond motifs is 2. The normalized spacial score (nSPS) is 16.0. The molecule has 62 heavy (non-hydrogen) atoms. The van der Waals surface area contributed by atoms with E-state index in [2.05, 4.69) is 70.4 Å². The number of halogens is 2. The number of nitrogens with zero attached hydrogens (tertiary/aromatic N) is 10. The molecule has 0 fully saturated rings. The van der Waals surface area contributed by atoms with Gasteiger partial charge in [-0.25, -0.2) is 38.1 Å². The summed E-state index contributed by atoms with van der Waals surface area (Å²) in [6.07, 6.45) is 19.6.